The van der Waals surface area contributed by atoms with Gasteiger partial charge in [0.05, 0.1) is 17.2 Å². The molecule has 0 saturated carbocycles. The van der Waals surface area contributed by atoms with Crippen LogP contribution in [-0.4, -0.2) is 53.5 Å². The molecule has 1 aromatic carbocycles. The lowest BCUT2D eigenvalue weighted by Gasteiger charge is -2.34. The van der Waals surface area contributed by atoms with E-state index in [2.05, 4.69) is 25.1 Å². The molecule has 1 saturated heterocycles. The van der Waals surface area contributed by atoms with Crippen LogP contribution in [0.3, 0.4) is 0 Å². The van der Waals surface area contributed by atoms with Crippen molar-refractivity contribution in [2.45, 2.75) is 6.92 Å². The zero-order valence-electron chi connectivity index (χ0n) is 15.8. The van der Waals surface area contributed by atoms with E-state index in [4.69, 9.17) is 0 Å². The number of carbonyl (C=O) groups is 1. The average molecular weight is 394 g/mol. The molecular weight excluding hydrogens is 370 g/mol. The summed E-state index contributed by atoms with van der Waals surface area (Å²) in [7, 11) is 0. The van der Waals surface area contributed by atoms with Gasteiger partial charge in [0, 0.05) is 49.0 Å². The minimum Gasteiger partial charge on any atom is -0.354 e. The molecule has 0 spiro atoms. The van der Waals surface area contributed by atoms with E-state index in [1.54, 1.807) is 11.3 Å². The Morgan fingerprint density at radius 3 is 2.54 bits per heavy atom. The van der Waals surface area contributed by atoms with Gasteiger partial charge in [0.2, 0.25) is 5.91 Å². The molecule has 0 unspecified atom stereocenters. The summed E-state index contributed by atoms with van der Waals surface area (Å²) in [5.41, 5.74) is 2.85. The molecule has 3 aromatic rings. The summed E-state index contributed by atoms with van der Waals surface area (Å²) in [6.07, 6.45) is 1.82. The van der Waals surface area contributed by atoms with E-state index in [1.807, 2.05) is 61.0 Å². The van der Waals surface area contributed by atoms with Crippen LogP contribution in [0.4, 0.5) is 11.5 Å². The normalized spacial score (nSPS) is 14.8. The number of thiazole rings is 1. The predicted octanol–water partition coefficient (Wildman–Crippen LogP) is 3.27. The van der Waals surface area contributed by atoms with E-state index in [0.29, 0.717) is 6.54 Å². The maximum absolute atomic E-state index is 12.4. The van der Waals surface area contributed by atoms with Crippen molar-refractivity contribution < 1.29 is 4.79 Å². The molecule has 3 heterocycles. The van der Waals surface area contributed by atoms with Crippen LogP contribution in [0.25, 0.3) is 11.3 Å². The van der Waals surface area contributed by atoms with E-state index in [-0.39, 0.29) is 5.91 Å². The molecule has 0 bridgehead atoms. The number of anilines is 2. The number of pyridine rings is 1. The number of aromatic nitrogens is 2. The maximum Gasteiger partial charge on any atom is 0.238 e. The SMILES string of the molecule is Cc1nc(-c2ccc(NC(=O)CN3CCN(c4ccccn4)CC3)cc2)cs1. The first-order valence-electron chi connectivity index (χ1n) is 9.38. The lowest BCUT2D eigenvalue weighted by atomic mass is 10.1. The highest BCUT2D eigenvalue weighted by molar-refractivity contribution is 7.09. The van der Waals surface area contributed by atoms with Crippen LogP contribution < -0.4 is 10.2 Å². The molecule has 2 aromatic heterocycles. The molecule has 4 rings (SSSR count). The highest BCUT2D eigenvalue weighted by Gasteiger charge is 2.19. The maximum atomic E-state index is 12.4. The van der Waals surface area contributed by atoms with Crippen LogP contribution in [0.2, 0.25) is 0 Å². The number of rotatable bonds is 5. The lowest BCUT2D eigenvalue weighted by molar-refractivity contribution is -0.117. The lowest BCUT2D eigenvalue weighted by Crippen LogP contribution is -2.48. The van der Waals surface area contributed by atoms with E-state index in [9.17, 15) is 4.79 Å². The van der Waals surface area contributed by atoms with Gasteiger partial charge in [-0.2, -0.15) is 0 Å². The van der Waals surface area contributed by atoms with Crippen LogP contribution in [0.1, 0.15) is 5.01 Å². The Hall–Kier alpha value is -2.77. The summed E-state index contributed by atoms with van der Waals surface area (Å²) < 4.78 is 0. The third-order valence-electron chi connectivity index (χ3n) is 4.80. The van der Waals surface area contributed by atoms with Gasteiger partial charge in [-0.25, -0.2) is 9.97 Å². The molecule has 6 nitrogen and oxygen atoms in total. The zero-order chi connectivity index (χ0) is 19.3. The molecule has 0 aliphatic carbocycles. The van der Waals surface area contributed by atoms with Crippen LogP contribution in [0.15, 0.2) is 54.0 Å². The largest absolute Gasteiger partial charge is 0.354 e. The standard InChI is InChI=1S/C21H23N5OS/c1-16-23-19(15-28-16)17-5-7-18(8-6-17)24-21(27)14-25-10-12-26(13-11-25)20-4-2-3-9-22-20/h2-9,15H,10-14H2,1H3,(H,24,27). The van der Waals surface area contributed by atoms with Gasteiger partial charge in [-0.15, -0.1) is 11.3 Å². The summed E-state index contributed by atoms with van der Waals surface area (Å²) in [6.45, 7) is 5.87. The minimum absolute atomic E-state index is 0.0172. The topological polar surface area (TPSA) is 61.4 Å². The molecular formula is C21H23N5OS. The number of aryl methyl sites for hydroxylation is 1. The zero-order valence-corrected chi connectivity index (χ0v) is 16.7. The van der Waals surface area contributed by atoms with E-state index < -0.39 is 0 Å². The Labute approximate surface area is 168 Å². The van der Waals surface area contributed by atoms with Crippen molar-refractivity contribution in [1.29, 1.82) is 0 Å². The van der Waals surface area contributed by atoms with Crippen molar-refractivity contribution in [3.05, 3.63) is 59.0 Å². The van der Waals surface area contributed by atoms with Crippen LogP contribution in [0, 0.1) is 6.92 Å². The summed E-state index contributed by atoms with van der Waals surface area (Å²) >= 11 is 1.64. The Kier molecular flexibility index (Phi) is 5.64. The molecule has 1 amide bonds. The van der Waals surface area contributed by atoms with Crippen molar-refractivity contribution in [2.24, 2.45) is 0 Å². The van der Waals surface area contributed by atoms with Gasteiger partial charge in [-0.1, -0.05) is 18.2 Å². The number of nitrogens with one attached hydrogen (secondary N) is 1. The molecule has 28 heavy (non-hydrogen) atoms. The third kappa shape index (κ3) is 4.55. The number of hydrogen-bond donors (Lipinski definition) is 1. The molecule has 1 aliphatic heterocycles. The quantitative estimate of drug-likeness (QED) is 0.721. The fraction of sp³-hybridized carbons (Fsp3) is 0.286. The van der Waals surface area contributed by atoms with Crippen molar-refractivity contribution in [3.8, 4) is 11.3 Å². The van der Waals surface area contributed by atoms with Crippen LogP contribution in [0.5, 0.6) is 0 Å². The first kappa shape index (κ1) is 18.6. The van der Waals surface area contributed by atoms with Gasteiger partial charge >= 0.3 is 0 Å². The van der Waals surface area contributed by atoms with Crippen LogP contribution >= 0.6 is 11.3 Å². The summed E-state index contributed by atoms with van der Waals surface area (Å²) in [5, 5.41) is 6.09. The van der Waals surface area contributed by atoms with E-state index in [1.165, 1.54) is 0 Å². The third-order valence-corrected chi connectivity index (χ3v) is 5.57. The number of amides is 1. The van der Waals surface area contributed by atoms with Crippen molar-refractivity contribution in [2.75, 3.05) is 42.9 Å². The second-order valence-electron chi connectivity index (χ2n) is 6.83. The van der Waals surface area contributed by atoms with Crippen LogP contribution in [-0.2, 0) is 4.79 Å². The molecule has 1 fully saturated rings. The highest BCUT2D eigenvalue weighted by atomic mass is 32.1. The fourth-order valence-electron chi connectivity index (χ4n) is 3.30. The Bertz CT molecular complexity index is 917. The van der Waals surface area contributed by atoms with Gasteiger partial charge in [0.1, 0.15) is 5.82 Å². The van der Waals surface area contributed by atoms with Crippen molar-refractivity contribution >= 4 is 28.7 Å². The van der Waals surface area contributed by atoms with Gasteiger partial charge in [0.25, 0.3) is 0 Å². The Morgan fingerprint density at radius 1 is 1.11 bits per heavy atom. The number of hydrogen-bond acceptors (Lipinski definition) is 6. The van der Waals surface area contributed by atoms with Crippen molar-refractivity contribution in [1.82, 2.24) is 14.9 Å². The van der Waals surface area contributed by atoms with Gasteiger partial charge < -0.3 is 10.2 Å². The number of benzene rings is 1. The summed E-state index contributed by atoms with van der Waals surface area (Å²) in [5.74, 6) is 1.02. The molecule has 0 radical (unpaired) electrons. The second kappa shape index (κ2) is 8.50. The van der Waals surface area contributed by atoms with Gasteiger partial charge in [-0.3, -0.25) is 9.69 Å². The first-order chi connectivity index (χ1) is 13.7. The van der Waals surface area contributed by atoms with E-state index in [0.717, 1.165) is 53.9 Å². The average Bonchev–Trinajstić information content (AvgIpc) is 3.16. The second-order valence-corrected chi connectivity index (χ2v) is 7.89. The van der Waals surface area contributed by atoms with Gasteiger partial charge in [0.15, 0.2) is 0 Å². The molecule has 1 N–H and O–H groups in total. The predicted molar refractivity (Wildman–Crippen MR) is 114 cm³/mol. The monoisotopic (exact) mass is 393 g/mol. The van der Waals surface area contributed by atoms with Gasteiger partial charge in [-0.05, 0) is 31.2 Å². The molecule has 7 heteroatoms. The number of piperazine rings is 1. The first-order valence-corrected chi connectivity index (χ1v) is 10.3. The van der Waals surface area contributed by atoms with E-state index >= 15 is 0 Å². The molecule has 0 atom stereocenters. The highest BCUT2D eigenvalue weighted by Crippen LogP contribution is 2.23. The number of nitrogens with zero attached hydrogens (tertiary/aromatic N) is 4. The Morgan fingerprint density at radius 2 is 1.89 bits per heavy atom. The molecule has 144 valence electrons. The minimum atomic E-state index is 0.0172. The Balaban J connectivity index is 1.27. The summed E-state index contributed by atoms with van der Waals surface area (Å²) in [6, 6.07) is 13.8. The number of carbonyl (C=O) groups excluding carboxylic acids is 1. The molecule has 1 aliphatic rings. The summed E-state index contributed by atoms with van der Waals surface area (Å²) in [4.78, 5) is 25.7. The smallest absolute Gasteiger partial charge is 0.238 e. The van der Waals surface area contributed by atoms with Crippen molar-refractivity contribution in [3.63, 3.8) is 0 Å². The fourth-order valence-corrected chi connectivity index (χ4v) is 3.92.